The summed E-state index contributed by atoms with van der Waals surface area (Å²) < 4.78 is 40.8. The monoisotopic (exact) mass is 592 g/mol. The highest BCUT2D eigenvalue weighted by molar-refractivity contribution is 6.30. The molecule has 3 heterocycles. The van der Waals surface area contributed by atoms with Crippen LogP contribution >= 0.6 is 11.6 Å². The van der Waals surface area contributed by atoms with Crippen LogP contribution in [0.2, 0.25) is 5.02 Å². The molecule has 0 unspecified atom stereocenters. The second kappa shape index (κ2) is 11.9. The molecule has 1 aromatic heterocycles. The first-order valence-electron chi connectivity index (χ1n) is 14.3. The molecule has 0 N–H and O–H groups in total. The maximum atomic E-state index is 14.0. The summed E-state index contributed by atoms with van der Waals surface area (Å²) in [4.78, 5) is 18.2. The number of piperidine rings is 1. The fraction of sp³-hybridized carbons (Fsp3) is 0.333. The molecule has 0 bridgehead atoms. The molecule has 42 heavy (non-hydrogen) atoms. The molecular weight excluding hydrogens is 561 g/mol. The smallest absolute Gasteiger partial charge is 0.338 e. The second-order valence-corrected chi connectivity index (χ2v) is 11.7. The average Bonchev–Trinajstić information content (AvgIpc) is 3.67. The van der Waals surface area contributed by atoms with E-state index in [-0.39, 0.29) is 11.8 Å². The summed E-state index contributed by atoms with van der Waals surface area (Å²) in [6.45, 7) is 3.51. The van der Waals surface area contributed by atoms with Crippen LogP contribution in [0.4, 0.5) is 13.2 Å². The van der Waals surface area contributed by atoms with E-state index in [1.165, 1.54) is 5.56 Å². The molecule has 2 aliphatic heterocycles. The van der Waals surface area contributed by atoms with Crippen LogP contribution in [0.3, 0.4) is 0 Å². The lowest BCUT2D eigenvalue weighted by Crippen LogP contribution is -2.34. The van der Waals surface area contributed by atoms with Crippen molar-refractivity contribution in [1.29, 1.82) is 0 Å². The topological polar surface area (TPSA) is 41.4 Å². The average molecular weight is 593 g/mol. The number of hydrogen-bond donors (Lipinski definition) is 0. The third-order valence-electron chi connectivity index (χ3n) is 8.52. The minimum atomic E-state index is -4.34. The number of hydrogen-bond acceptors (Lipinski definition) is 3. The SMILES string of the molecule is O=C(c1cnn(-c2ccc(Cl)cc2)c1C1CCN(Cc2ccc(C(F)(F)F)cc2)CC1)N1CC[C@H](c2ccccc2)C1. The van der Waals surface area contributed by atoms with Gasteiger partial charge in [0.15, 0.2) is 0 Å². The summed E-state index contributed by atoms with van der Waals surface area (Å²) >= 11 is 6.16. The summed E-state index contributed by atoms with van der Waals surface area (Å²) in [5, 5.41) is 5.33. The van der Waals surface area contributed by atoms with E-state index in [2.05, 4.69) is 17.0 Å². The predicted octanol–water partition coefficient (Wildman–Crippen LogP) is 7.55. The van der Waals surface area contributed by atoms with Gasteiger partial charge in [-0.05, 0) is 79.9 Å². The van der Waals surface area contributed by atoms with Gasteiger partial charge in [0.05, 0.1) is 28.7 Å². The van der Waals surface area contributed by atoms with Crippen molar-refractivity contribution in [3.8, 4) is 5.69 Å². The largest absolute Gasteiger partial charge is 0.416 e. The Balaban J connectivity index is 1.20. The number of carbonyl (C=O) groups excluding carboxylic acids is 1. The van der Waals surface area contributed by atoms with Gasteiger partial charge in [0.25, 0.3) is 5.91 Å². The number of likely N-dealkylation sites (tertiary alicyclic amines) is 2. The van der Waals surface area contributed by atoms with Gasteiger partial charge < -0.3 is 4.90 Å². The quantitative estimate of drug-likeness (QED) is 0.232. The summed E-state index contributed by atoms with van der Waals surface area (Å²) in [5.41, 5.74) is 3.88. The van der Waals surface area contributed by atoms with Gasteiger partial charge in [-0.25, -0.2) is 4.68 Å². The molecule has 1 atom stereocenters. The minimum Gasteiger partial charge on any atom is -0.338 e. The van der Waals surface area contributed by atoms with Gasteiger partial charge in [-0.2, -0.15) is 18.3 Å². The molecule has 218 valence electrons. The van der Waals surface area contributed by atoms with E-state index in [0.717, 1.165) is 61.4 Å². The third kappa shape index (κ3) is 6.10. The highest BCUT2D eigenvalue weighted by Crippen LogP contribution is 2.35. The Kier molecular flexibility index (Phi) is 8.10. The van der Waals surface area contributed by atoms with E-state index in [1.807, 2.05) is 52.0 Å². The van der Waals surface area contributed by atoms with E-state index in [4.69, 9.17) is 16.7 Å². The summed E-state index contributed by atoms with van der Waals surface area (Å²) in [5.74, 6) is 0.438. The van der Waals surface area contributed by atoms with Crippen molar-refractivity contribution >= 4 is 17.5 Å². The van der Waals surface area contributed by atoms with Crippen molar-refractivity contribution in [2.24, 2.45) is 0 Å². The van der Waals surface area contributed by atoms with Crippen molar-refractivity contribution in [3.05, 3.63) is 118 Å². The Bertz CT molecular complexity index is 1510. The highest BCUT2D eigenvalue weighted by Gasteiger charge is 2.34. The zero-order valence-corrected chi connectivity index (χ0v) is 23.9. The molecule has 2 saturated heterocycles. The first-order chi connectivity index (χ1) is 20.3. The van der Waals surface area contributed by atoms with Gasteiger partial charge in [0.1, 0.15) is 0 Å². The van der Waals surface area contributed by atoms with Gasteiger partial charge in [-0.1, -0.05) is 54.1 Å². The van der Waals surface area contributed by atoms with Gasteiger partial charge in [-0.15, -0.1) is 0 Å². The molecule has 2 aliphatic rings. The lowest BCUT2D eigenvalue weighted by atomic mass is 9.90. The number of halogens is 4. The fourth-order valence-electron chi connectivity index (χ4n) is 6.24. The predicted molar refractivity (Wildman–Crippen MR) is 157 cm³/mol. The second-order valence-electron chi connectivity index (χ2n) is 11.2. The molecule has 0 radical (unpaired) electrons. The molecule has 9 heteroatoms. The van der Waals surface area contributed by atoms with Crippen molar-refractivity contribution in [2.75, 3.05) is 26.2 Å². The number of aromatic nitrogens is 2. The standard InChI is InChI=1S/C33H32ClF3N4O/c34-28-10-12-29(13-11-28)41-31(25-14-17-39(18-15-25)21-23-6-8-27(9-7-23)33(35,36)37)30(20-38-41)32(42)40-19-16-26(22-40)24-4-2-1-3-5-24/h1-13,20,25-26H,14-19,21-22H2/t26-/m0/s1. The van der Waals surface area contributed by atoms with E-state index in [1.54, 1.807) is 18.3 Å². The van der Waals surface area contributed by atoms with E-state index in [0.29, 0.717) is 36.1 Å². The number of nitrogens with zero attached hydrogens (tertiary/aromatic N) is 4. The Morgan fingerprint density at radius 1 is 0.857 bits per heavy atom. The lowest BCUT2D eigenvalue weighted by molar-refractivity contribution is -0.137. The van der Waals surface area contributed by atoms with Crippen LogP contribution in [0, 0.1) is 0 Å². The Labute approximate surface area is 248 Å². The molecule has 3 aromatic carbocycles. The maximum Gasteiger partial charge on any atom is 0.416 e. The third-order valence-corrected chi connectivity index (χ3v) is 8.77. The van der Waals surface area contributed by atoms with Crippen LogP contribution in [0.25, 0.3) is 5.69 Å². The molecule has 0 saturated carbocycles. The van der Waals surface area contributed by atoms with Crippen LogP contribution in [0.15, 0.2) is 85.1 Å². The number of alkyl halides is 3. The number of carbonyl (C=O) groups is 1. The van der Waals surface area contributed by atoms with Gasteiger partial charge in [0.2, 0.25) is 0 Å². The van der Waals surface area contributed by atoms with Crippen LogP contribution in [-0.4, -0.2) is 51.7 Å². The van der Waals surface area contributed by atoms with Gasteiger partial charge in [-0.3, -0.25) is 9.69 Å². The molecule has 0 aliphatic carbocycles. The number of benzene rings is 3. The first kappa shape index (κ1) is 28.5. The van der Waals surface area contributed by atoms with Crippen molar-refractivity contribution in [3.63, 3.8) is 0 Å². The fourth-order valence-corrected chi connectivity index (χ4v) is 6.36. The van der Waals surface area contributed by atoms with Crippen molar-refractivity contribution < 1.29 is 18.0 Å². The summed E-state index contributed by atoms with van der Waals surface area (Å²) in [6.07, 6.45) is -0.0777. The van der Waals surface area contributed by atoms with Gasteiger partial charge >= 0.3 is 6.18 Å². The molecule has 5 nitrogen and oxygen atoms in total. The molecule has 4 aromatic rings. The van der Waals surface area contributed by atoms with Gasteiger partial charge in [0, 0.05) is 36.5 Å². The zero-order valence-electron chi connectivity index (χ0n) is 23.1. The Hall–Kier alpha value is -3.62. The zero-order chi connectivity index (χ0) is 29.3. The highest BCUT2D eigenvalue weighted by atomic mass is 35.5. The summed E-state index contributed by atoms with van der Waals surface area (Å²) in [6, 6.07) is 23.2. The molecule has 1 amide bonds. The van der Waals surface area contributed by atoms with E-state index in [9.17, 15) is 18.0 Å². The normalized spacial score (nSPS) is 18.5. The number of amides is 1. The molecule has 0 spiro atoms. The summed E-state index contributed by atoms with van der Waals surface area (Å²) in [7, 11) is 0. The van der Waals surface area contributed by atoms with Crippen molar-refractivity contribution in [2.45, 2.75) is 43.8 Å². The maximum absolute atomic E-state index is 14.0. The Morgan fingerprint density at radius 3 is 2.19 bits per heavy atom. The molecule has 6 rings (SSSR count). The van der Waals surface area contributed by atoms with E-state index >= 15 is 0 Å². The van der Waals surface area contributed by atoms with Crippen LogP contribution in [-0.2, 0) is 12.7 Å². The molecule has 2 fully saturated rings. The van der Waals surface area contributed by atoms with Crippen molar-refractivity contribution in [1.82, 2.24) is 19.6 Å². The first-order valence-corrected chi connectivity index (χ1v) is 14.7. The van der Waals surface area contributed by atoms with E-state index < -0.39 is 11.7 Å². The van der Waals surface area contributed by atoms with Crippen LogP contribution in [0.5, 0.6) is 0 Å². The van der Waals surface area contributed by atoms with Crippen LogP contribution in [0.1, 0.15) is 63.8 Å². The Morgan fingerprint density at radius 2 is 1.52 bits per heavy atom. The minimum absolute atomic E-state index is 0.0100. The number of rotatable bonds is 6. The molecular formula is C33H32ClF3N4O. The van der Waals surface area contributed by atoms with Crippen LogP contribution < -0.4 is 0 Å². The lowest BCUT2D eigenvalue weighted by Gasteiger charge is -2.33.